The van der Waals surface area contributed by atoms with Gasteiger partial charge in [0.05, 0.1) is 0 Å². The molecule has 0 amide bonds. The summed E-state index contributed by atoms with van der Waals surface area (Å²) in [6, 6.07) is 66.8. The van der Waals surface area contributed by atoms with Gasteiger partial charge in [-0.15, -0.1) is 0 Å². The molecule has 1 heteroatoms. The topological polar surface area (TPSA) is 12.9 Å². The van der Waals surface area contributed by atoms with Gasteiger partial charge in [-0.1, -0.05) is 181 Å². The molecule has 54 heavy (non-hydrogen) atoms. The average Bonchev–Trinajstić information content (AvgIpc) is 3.71. The number of fused-ring (bicyclic) bond motifs is 6. The van der Waals surface area contributed by atoms with Crippen LogP contribution < -0.4 is 0 Å². The molecule has 2 aliphatic rings. The van der Waals surface area contributed by atoms with E-state index in [2.05, 4.69) is 180 Å². The van der Waals surface area contributed by atoms with Gasteiger partial charge >= 0.3 is 0 Å². The molecule has 0 bridgehead atoms. The van der Waals surface area contributed by atoms with Crippen LogP contribution in [0.15, 0.2) is 200 Å². The second-order valence-corrected chi connectivity index (χ2v) is 13.9. The molecule has 2 aliphatic carbocycles. The maximum atomic E-state index is 4.52. The summed E-state index contributed by atoms with van der Waals surface area (Å²) in [5, 5.41) is 0. The molecule has 1 nitrogen and oxygen atoms in total. The molecule has 0 N–H and O–H groups in total. The molecular weight excluding hydrogens is 651 g/mol. The highest BCUT2D eigenvalue weighted by Crippen LogP contribution is 2.54. The van der Waals surface area contributed by atoms with Crippen LogP contribution in [0, 0.1) is 23.7 Å². The van der Waals surface area contributed by atoms with E-state index in [1.807, 2.05) is 48.8 Å². The minimum Gasteiger partial charge on any atom is -0.264 e. The first-order valence-corrected chi connectivity index (χ1v) is 18.4. The first-order valence-electron chi connectivity index (χ1n) is 18.4. The lowest BCUT2D eigenvalue weighted by Crippen LogP contribution is -2.25. The van der Waals surface area contributed by atoms with E-state index in [1.165, 1.54) is 38.9 Å². The van der Waals surface area contributed by atoms with Crippen molar-refractivity contribution in [2.75, 3.05) is 0 Å². The number of rotatable bonds is 3. The fraction of sp³-hybridized carbons (Fsp3) is 0.0377. The normalized spacial score (nSPS) is 15.3. The van der Waals surface area contributed by atoms with Crippen LogP contribution in [0.2, 0.25) is 0 Å². The van der Waals surface area contributed by atoms with Crippen molar-refractivity contribution in [1.82, 2.24) is 4.98 Å². The smallest absolute Gasteiger partial charge is 0.108 e. The third-order valence-corrected chi connectivity index (χ3v) is 11.1. The molecule has 1 atom stereocenters. The SMILES string of the molecule is C(#CC1(c2ccc(-c3ccc(C4(C#Cc5ccccc5)c5ccccc5-c5cnccc54)cc3)cc2)c2ccccc2-c2ccccc21)c1ccccc1. The van der Waals surface area contributed by atoms with E-state index >= 15 is 0 Å². The van der Waals surface area contributed by atoms with E-state index in [-0.39, 0.29) is 0 Å². The van der Waals surface area contributed by atoms with Crippen molar-refractivity contribution >= 4 is 0 Å². The molecule has 1 heterocycles. The summed E-state index contributed by atoms with van der Waals surface area (Å²) >= 11 is 0. The lowest BCUT2D eigenvalue weighted by atomic mass is 9.72. The zero-order valence-electron chi connectivity index (χ0n) is 29.5. The highest BCUT2D eigenvalue weighted by Gasteiger charge is 2.45. The Morgan fingerprint density at radius 3 is 1.15 bits per heavy atom. The molecule has 0 fully saturated rings. The molecule has 0 aliphatic heterocycles. The zero-order chi connectivity index (χ0) is 36.0. The van der Waals surface area contributed by atoms with Crippen LogP contribution in [-0.4, -0.2) is 4.98 Å². The molecule has 0 spiro atoms. The third-order valence-electron chi connectivity index (χ3n) is 11.1. The van der Waals surface area contributed by atoms with E-state index in [1.54, 1.807) is 0 Å². The van der Waals surface area contributed by atoms with Gasteiger partial charge in [0.25, 0.3) is 0 Å². The van der Waals surface area contributed by atoms with E-state index in [9.17, 15) is 0 Å². The number of benzene rings is 7. The summed E-state index contributed by atoms with van der Waals surface area (Å²) in [6.07, 6.45) is 3.87. The minimum absolute atomic E-state index is 0.604. The molecule has 0 saturated carbocycles. The predicted octanol–water partition coefficient (Wildman–Crippen LogP) is 11.5. The molecule has 7 aromatic carbocycles. The van der Waals surface area contributed by atoms with Gasteiger partial charge in [0.2, 0.25) is 0 Å². The third kappa shape index (κ3) is 4.88. The molecule has 0 saturated heterocycles. The zero-order valence-corrected chi connectivity index (χ0v) is 29.5. The highest BCUT2D eigenvalue weighted by molar-refractivity contribution is 5.87. The fourth-order valence-electron chi connectivity index (χ4n) is 8.60. The monoisotopic (exact) mass is 683 g/mol. The molecule has 8 aromatic rings. The van der Waals surface area contributed by atoms with Crippen molar-refractivity contribution in [3.05, 3.63) is 245 Å². The van der Waals surface area contributed by atoms with Crippen LogP contribution in [0.5, 0.6) is 0 Å². The van der Waals surface area contributed by atoms with Gasteiger partial charge in [-0.05, 0) is 91.5 Å². The summed E-state index contributed by atoms with van der Waals surface area (Å²) in [7, 11) is 0. The van der Waals surface area contributed by atoms with Crippen molar-refractivity contribution in [3.8, 4) is 57.1 Å². The van der Waals surface area contributed by atoms with Gasteiger partial charge < -0.3 is 0 Å². The molecule has 0 radical (unpaired) electrons. The average molecular weight is 684 g/mol. The van der Waals surface area contributed by atoms with Gasteiger partial charge in [0.1, 0.15) is 10.8 Å². The summed E-state index contributed by atoms with van der Waals surface area (Å²) in [4.78, 5) is 4.52. The van der Waals surface area contributed by atoms with Crippen LogP contribution in [-0.2, 0) is 10.8 Å². The Bertz CT molecular complexity index is 2520. The summed E-state index contributed by atoms with van der Waals surface area (Å²) < 4.78 is 0. The Balaban J connectivity index is 1.08. The molecule has 10 rings (SSSR count). The second kappa shape index (κ2) is 12.8. The lowest BCUT2D eigenvalue weighted by Gasteiger charge is -2.28. The number of pyridine rings is 1. The Morgan fingerprint density at radius 2 is 0.704 bits per heavy atom. The van der Waals surface area contributed by atoms with Crippen LogP contribution in [0.25, 0.3) is 33.4 Å². The van der Waals surface area contributed by atoms with Crippen molar-refractivity contribution < 1.29 is 0 Å². The Morgan fingerprint density at radius 1 is 0.333 bits per heavy atom. The van der Waals surface area contributed by atoms with E-state index < -0.39 is 10.8 Å². The largest absolute Gasteiger partial charge is 0.264 e. The van der Waals surface area contributed by atoms with E-state index in [0.717, 1.165) is 38.9 Å². The van der Waals surface area contributed by atoms with Crippen LogP contribution in [0.3, 0.4) is 0 Å². The predicted molar refractivity (Wildman–Crippen MR) is 220 cm³/mol. The standard InChI is InChI=1S/C53H33N/c1-3-13-38(14-4-1)31-34-52(48-20-10-7-17-44(48)45-18-8-11-21-49(45)52)42-27-23-40(24-28-42)41-25-29-43(30-26-41)53(35-32-39-15-5-2-6-16-39)50-22-12-9-19-46(50)47-37-54-36-33-51(47)53/h1-30,33,36-37H. The summed E-state index contributed by atoms with van der Waals surface area (Å²) in [5.41, 5.74) is 14.9. The van der Waals surface area contributed by atoms with Gasteiger partial charge in [0, 0.05) is 29.1 Å². The van der Waals surface area contributed by atoms with Gasteiger partial charge in [-0.2, -0.15) is 0 Å². The number of hydrogen-bond acceptors (Lipinski definition) is 1. The summed E-state index contributed by atoms with van der Waals surface area (Å²) in [6.45, 7) is 0. The van der Waals surface area contributed by atoms with Gasteiger partial charge in [0.15, 0.2) is 0 Å². The first-order chi connectivity index (χ1) is 26.8. The second-order valence-electron chi connectivity index (χ2n) is 13.9. The van der Waals surface area contributed by atoms with Crippen LogP contribution >= 0.6 is 0 Å². The number of hydrogen-bond donors (Lipinski definition) is 0. The first kappa shape index (κ1) is 31.5. The van der Waals surface area contributed by atoms with Gasteiger partial charge in [-0.25, -0.2) is 0 Å². The van der Waals surface area contributed by atoms with Crippen molar-refractivity contribution in [2.45, 2.75) is 10.8 Å². The number of aromatic nitrogens is 1. The van der Waals surface area contributed by atoms with E-state index in [0.29, 0.717) is 0 Å². The quantitative estimate of drug-likeness (QED) is 0.169. The van der Waals surface area contributed by atoms with Crippen LogP contribution in [0.4, 0.5) is 0 Å². The Hall–Kier alpha value is -7.19. The molecule has 1 aromatic heterocycles. The Labute approximate surface area is 316 Å². The fourth-order valence-corrected chi connectivity index (χ4v) is 8.60. The van der Waals surface area contributed by atoms with Crippen LogP contribution in [0.1, 0.15) is 44.5 Å². The van der Waals surface area contributed by atoms with Crippen molar-refractivity contribution in [2.24, 2.45) is 0 Å². The van der Waals surface area contributed by atoms with Crippen molar-refractivity contribution in [3.63, 3.8) is 0 Å². The number of nitrogens with zero attached hydrogens (tertiary/aromatic N) is 1. The van der Waals surface area contributed by atoms with Crippen molar-refractivity contribution in [1.29, 1.82) is 0 Å². The Kier molecular flexibility index (Phi) is 7.47. The minimum atomic E-state index is -0.639. The molecular formula is C53H33N. The maximum absolute atomic E-state index is 4.52. The summed E-state index contributed by atoms with van der Waals surface area (Å²) in [5.74, 6) is 14.7. The van der Waals surface area contributed by atoms with Gasteiger partial charge in [-0.3, -0.25) is 4.98 Å². The lowest BCUT2D eigenvalue weighted by molar-refractivity contribution is 0.835. The molecule has 250 valence electrons. The van der Waals surface area contributed by atoms with E-state index in [4.69, 9.17) is 0 Å². The molecule has 1 unspecified atom stereocenters. The highest BCUT2D eigenvalue weighted by atomic mass is 14.6. The maximum Gasteiger partial charge on any atom is 0.108 e.